The molecule has 0 atom stereocenters. The van der Waals surface area contributed by atoms with Gasteiger partial charge >= 0.3 is 0 Å². The summed E-state index contributed by atoms with van der Waals surface area (Å²) in [5, 5.41) is 3.26. The first-order valence-electron chi connectivity index (χ1n) is 5.13. The lowest BCUT2D eigenvalue weighted by atomic mass is 10.4. The van der Waals surface area contributed by atoms with Crippen LogP contribution < -0.4 is 5.32 Å². The van der Waals surface area contributed by atoms with Gasteiger partial charge in [0.15, 0.2) is 0 Å². The van der Waals surface area contributed by atoms with Crippen LogP contribution in [0.1, 0.15) is 18.9 Å². The molecule has 0 radical (unpaired) electrons. The number of pyridine rings is 1. The summed E-state index contributed by atoms with van der Waals surface area (Å²) >= 11 is 0. The van der Waals surface area contributed by atoms with Crippen molar-refractivity contribution in [1.82, 2.24) is 14.5 Å². The Kier molecular flexibility index (Phi) is 1.91. The normalized spacial score (nSPS) is 15.2. The van der Waals surface area contributed by atoms with Gasteiger partial charge in [-0.3, -0.25) is 4.98 Å². The van der Waals surface area contributed by atoms with Crippen molar-refractivity contribution in [3.05, 3.63) is 36.9 Å². The molecule has 1 saturated carbocycles. The second kappa shape index (κ2) is 3.38. The van der Waals surface area contributed by atoms with Crippen LogP contribution in [0, 0.1) is 0 Å². The fourth-order valence-electron chi connectivity index (χ4n) is 1.62. The summed E-state index contributed by atoms with van der Waals surface area (Å²) in [5.74, 6) is 0.908. The third-order valence-corrected chi connectivity index (χ3v) is 2.53. The third-order valence-electron chi connectivity index (χ3n) is 2.53. The maximum Gasteiger partial charge on any atom is 0.207 e. The van der Waals surface area contributed by atoms with Crippen molar-refractivity contribution in [3.63, 3.8) is 0 Å². The zero-order chi connectivity index (χ0) is 10.1. The summed E-state index contributed by atoms with van der Waals surface area (Å²) in [6.07, 6.45) is 9.94. The second-order valence-corrected chi connectivity index (χ2v) is 3.76. The van der Waals surface area contributed by atoms with Crippen LogP contribution in [0.15, 0.2) is 36.9 Å². The van der Waals surface area contributed by atoms with Crippen molar-refractivity contribution < 1.29 is 0 Å². The summed E-state index contributed by atoms with van der Waals surface area (Å²) in [6.45, 7) is 0. The molecule has 4 nitrogen and oxygen atoms in total. The Morgan fingerprint density at radius 2 is 2.27 bits per heavy atom. The predicted molar refractivity (Wildman–Crippen MR) is 58.0 cm³/mol. The lowest BCUT2D eigenvalue weighted by Gasteiger charge is -2.07. The van der Waals surface area contributed by atoms with E-state index in [4.69, 9.17) is 0 Å². The van der Waals surface area contributed by atoms with Crippen LogP contribution in [0.4, 0.5) is 11.6 Å². The van der Waals surface area contributed by atoms with Crippen LogP contribution in [0.3, 0.4) is 0 Å². The van der Waals surface area contributed by atoms with Crippen molar-refractivity contribution in [2.75, 3.05) is 5.32 Å². The molecule has 3 rings (SSSR count). The average Bonchev–Trinajstić information content (AvgIpc) is 3.02. The molecule has 0 bridgehead atoms. The van der Waals surface area contributed by atoms with E-state index in [2.05, 4.69) is 19.9 Å². The van der Waals surface area contributed by atoms with Crippen LogP contribution in [0.2, 0.25) is 0 Å². The van der Waals surface area contributed by atoms with Crippen molar-refractivity contribution in [2.24, 2.45) is 0 Å². The molecule has 0 aromatic carbocycles. The summed E-state index contributed by atoms with van der Waals surface area (Å²) in [5.41, 5.74) is 0.977. The maximum absolute atomic E-state index is 4.30. The zero-order valence-electron chi connectivity index (χ0n) is 8.30. The molecule has 2 aromatic heterocycles. The van der Waals surface area contributed by atoms with Crippen molar-refractivity contribution >= 4 is 11.6 Å². The molecule has 0 saturated heterocycles. The van der Waals surface area contributed by atoms with Crippen molar-refractivity contribution in [1.29, 1.82) is 0 Å². The average molecular weight is 200 g/mol. The SMILES string of the molecule is c1cncc(Nc2nccn2C2CC2)c1. The molecule has 2 aromatic rings. The van der Waals surface area contributed by atoms with Gasteiger partial charge in [-0.1, -0.05) is 0 Å². The van der Waals surface area contributed by atoms with Crippen LogP contribution in [-0.4, -0.2) is 14.5 Å². The summed E-state index contributed by atoms with van der Waals surface area (Å²) in [4.78, 5) is 8.35. The fraction of sp³-hybridized carbons (Fsp3) is 0.273. The number of hydrogen-bond donors (Lipinski definition) is 1. The van der Waals surface area contributed by atoms with Crippen LogP contribution >= 0.6 is 0 Å². The highest BCUT2D eigenvalue weighted by Gasteiger charge is 2.25. The van der Waals surface area contributed by atoms with Crippen molar-refractivity contribution in [2.45, 2.75) is 18.9 Å². The summed E-state index contributed by atoms with van der Waals surface area (Å²) in [6, 6.07) is 4.54. The van der Waals surface area contributed by atoms with Crippen LogP contribution in [0.25, 0.3) is 0 Å². The molecule has 4 heteroatoms. The Morgan fingerprint density at radius 1 is 1.33 bits per heavy atom. The molecule has 15 heavy (non-hydrogen) atoms. The summed E-state index contributed by atoms with van der Waals surface area (Å²) < 4.78 is 2.19. The van der Waals surface area contributed by atoms with E-state index in [0.29, 0.717) is 6.04 Å². The third kappa shape index (κ3) is 1.70. The maximum atomic E-state index is 4.30. The van der Waals surface area contributed by atoms with Gasteiger partial charge in [-0.2, -0.15) is 0 Å². The number of anilines is 2. The minimum absolute atomic E-state index is 0.645. The molecule has 76 valence electrons. The Balaban J connectivity index is 1.84. The predicted octanol–water partition coefficient (Wildman–Crippen LogP) is 2.36. The Morgan fingerprint density at radius 3 is 3.00 bits per heavy atom. The van der Waals surface area contributed by atoms with E-state index < -0.39 is 0 Å². The molecule has 1 fully saturated rings. The van der Waals surface area contributed by atoms with Gasteiger partial charge in [0.1, 0.15) is 0 Å². The summed E-state index contributed by atoms with van der Waals surface area (Å²) in [7, 11) is 0. The van der Waals surface area contributed by atoms with Gasteiger partial charge in [0.05, 0.1) is 11.9 Å². The second-order valence-electron chi connectivity index (χ2n) is 3.76. The molecule has 1 aliphatic rings. The molecule has 1 N–H and O–H groups in total. The standard InChI is InChI=1S/C11H12N4/c1-2-9(8-12-5-1)14-11-13-6-7-15(11)10-3-4-10/h1-2,5-8,10H,3-4H2,(H,13,14). The monoisotopic (exact) mass is 200 g/mol. The van der Waals surface area contributed by atoms with E-state index in [1.807, 2.05) is 24.5 Å². The first kappa shape index (κ1) is 8.47. The highest BCUT2D eigenvalue weighted by Crippen LogP contribution is 2.37. The number of aromatic nitrogens is 3. The van der Waals surface area contributed by atoms with Gasteiger partial charge in [-0.25, -0.2) is 4.98 Å². The van der Waals surface area contributed by atoms with Crippen LogP contribution in [-0.2, 0) is 0 Å². The lowest BCUT2D eigenvalue weighted by molar-refractivity contribution is 0.751. The molecule has 0 aliphatic heterocycles. The van der Waals surface area contributed by atoms with E-state index in [9.17, 15) is 0 Å². The minimum Gasteiger partial charge on any atom is -0.324 e. The van der Waals surface area contributed by atoms with Crippen LogP contribution in [0.5, 0.6) is 0 Å². The van der Waals surface area contributed by atoms with Gasteiger partial charge < -0.3 is 9.88 Å². The molecular weight excluding hydrogens is 188 g/mol. The van der Waals surface area contributed by atoms with E-state index in [1.165, 1.54) is 12.8 Å². The van der Waals surface area contributed by atoms with Gasteiger partial charge in [0.2, 0.25) is 5.95 Å². The molecule has 0 amide bonds. The fourth-order valence-corrected chi connectivity index (χ4v) is 1.62. The lowest BCUT2D eigenvalue weighted by Crippen LogP contribution is -2.01. The number of hydrogen-bond acceptors (Lipinski definition) is 3. The van der Waals surface area contributed by atoms with E-state index in [0.717, 1.165) is 11.6 Å². The van der Waals surface area contributed by atoms with E-state index in [-0.39, 0.29) is 0 Å². The van der Waals surface area contributed by atoms with Gasteiger partial charge in [-0.15, -0.1) is 0 Å². The zero-order valence-corrected chi connectivity index (χ0v) is 8.30. The molecule has 2 heterocycles. The van der Waals surface area contributed by atoms with Gasteiger partial charge in [0, 0.05) is 24.6 Å². The Hall–Kier alpha value is -1.84. The number of imidazole rings is 1. The van der Waals surface area contributed by atoms with Gasteiger partial charge in [-0.05, 0) is 25.0 Å². The van der Waals surface area contributed by atoms with Crippen molar-refractivity contribution in [3.8, 4) is 0 Å². The number of rotatable bonds is 3. The largest absolute Gasteiger partial charge is 0.324 e. The molecule has 0 spiro atoms. The topological polar surface area (TPSA) is 42.7 Å². The number of nitrogens with one attached hydrogen (secondary N) is 1. The van der Waals surface area contributed by atoms with Gasteiger partial charge in [0.25, 0.3) is 0 Å². The van der Waals surface area contributed by atoms with E-state index in [1.54, 1.807) is 12.4 Å². The minimum atomic E-state index is 0.645. The van der Waals surface area contributed by atoms with E-state index >= 15 is 0 Å². The highest BCUT2D eigenvalue weighted by atomic mass is 15.2. The first-order valence-corrected chi connectivity index (χ1v) is 5.13. The molecular formula is C11H12N4. The highest BCUT2D eigenvalue weighted by molar-refractivity contribution is 5.51. The molecule has 1 aliphatic carbocycles. The smallest absolute Gasteiger partial charge is 0.207 e. The molecule has 0 unspecified atom stereocenters. The quantitative estimate of drug-likeness (QED) is 0.827. The number of nitrogens with zero attached hydrogens (tertiary/aromatic N) is 3. The first-order chi connectivity index (χ1) is 7.43. The Labute approximate surface area is 88.0 Å². The Bertz CT molecular complexity index is 445.